The van der Waals surface area contributed by atoms with E-state index in [1.807, 2.05) is 56.3 Å². The van der Waals surface area contributed by atoms with Gasteiger partial charge in [-0.25, -0.2) is 19.4 Å². The number of aryl methyl sites for hydroxylation is 2. The van der Waals surface area contributed by atoms with Crippen molar-refractivity contribution in [3.63, 3.8) is 0 Å². The summed E-state index contributed by atoms with van der Waals surface area (Å²) in [4.78, 5) is 37.0. The lowest BCUT2D eigenvalue weighted by Gasteiger charge is -2.35. The zero-order chi connectivity index (χ0) is 23.2. The Morgan fingerprint density at radius 1 is 1.00 bits per heavy atom. The van der Waals surface area contributed by atoms with Crippen molar-refractivity contribution in [2.24, 2.45) is 0 Å². The van der Waals surface area contributed by atoms with Gasteiger partial charge in [0.15, 0.2) is 5.82 Å². The molecule has 10 nitrogen and oxygen atoms in total. The molecule has 172 valence electrons. The van der Waals surface area contributed by atoms with E-state index < -0.39 is 6.09 Å². The second kappa shape index (κ2) is 10.1. The third-order valence-electron chi connectivity index (χ3n) is 5.42. The number of carbonyl (C=O) groups is 2. The van der Waals surface area contributed by atoms with Crippen molar-refractivity contribution in [2.75, 3.05) is 37.6 Å². The minimum absolute atomic E-state index is 0.0940. The van der Waals surface area contributed by atoms with Crippen LogP contribution >= 0.6 is 0 Å². The molecule has 0 radical (unpaired) electrons. The van der Waals surface area contributed by atoms with Gasteiger partial charge in [0.2, 0.25) is 5.91 Å². The zero-order valence-electron chi connectivity index (χ0n) is 18.8. The van der Waals surface area contributed by atoms with Gasteiger partial charge in [-0.3, -0.25) is 4.79 Å². The Morgan fingerprint density at radius 3 is 2.42 bits per heavy atom. The molecule has 4 rings (SSSR count). The number of nitrogens with zero attached hydrogens (tertiary/aromatic N) is 6. The molecule has 0 aliphatic carbocycles. The van der Waals surface area contributed by atoms with Gasteiger partial charge in [-0.1, -0.05) is 30.3 Å². The number of amides is 2. The van der Waals surface area contributed by atoms with Crippen LogP contribution in [0.25, 0.3) is 5.82 Å². The molecule has 1 aromatic carbocycles. The molecule has 1 N–H and O–H groups in total. The molecule has 1 saturated heterocycles. The summed E-state index contributed by atoms with van der Waals surface area (Å²) in [6.07, 6.45) is 0.924. The number of benzene rings is 1. The van der Waals surface area contributed by atoms with Gasteiger partial charge in [-0.2, -0.15) is 5.10 Å². The standard InChI is InChI=1S/C23H27N7O3/c1-17-12-18(2)30(27-17)21-13-20(25-16-26-21)28-8-10-29(11-9-28)22(31)14-24-23(32)33-15-19-6-4-3-5-7-19/h3-7,12-13,16H,8-11,14-15H2,1-2H3,(H,24,32). The quantitative estimate of drug-likeness (QED) is 0.612. The van der Waals surface area contributed by atoms with Gasteiger partial charge in [-0.05, 0) is 25.5 Å². The first kappa shape index (κ1) is 22.3. The lowest BCUT2D eigenvalue weighted by atomic mass is 10.2. The molecule has 2 aromatic heterocycles. The summed E-state index contributed by atoms with van der Waals surface area (Å²) in [5.41, 5.74) is 2.82. The summed E-state index contributed by atoms with van der Waals surface area (Å²) >= 11 is 0. The number of carbonyl (C=O) groups excluding carboxylic acids is 2. The van der Waals surface area contributed by atoms with E-state index in [-0.39, 0.29) is 19.1 Å². The van der Waals surface area contributed by atoms with Gasteiger partial charge in [0, 0.05) is 37.9 Å². The number of piperazine rings is 1. The van der Waals surface area contributed by atoms with E-state index in [1.165, 1.54) is 6.33 Å². The predicted molar refractivity (Wildman–Crippen MR) is 122 cm³/mol. The van der Waals surface area contributed by atoms with Crippen molar-refractivity contribution in [1.29, 1.82) is 0 Å². The van der Waals surface area contributed by atoms with E-state index in [0.29, 0.717) is 32.0 Å². The Labute approximate surface area is 192 Å². The molecule has 1 aliphatic rings. The van der Waals surface area contributed by atoms with Gasteiger partial charge >= 0.3 is 6.09 Å². The highest BCUT2D eigenvalue weighted by Crippen LogP contribution is 2.17. The summed E-state index contributed by atoms with van der Waals surface area (Å²) < 4.78 is 6.94. The average molecular weight is 450 g/mol. The molecule has 3 heterocycles. The molecule has 33 heavy (non-hydrogen) atoms. The summed E-state index contributed by atoms with van der Waals surface area (Å²) in [6.45, 7) is 6.35. The number of ether oxygens (including phenoxy) is 1. The molecule has 1 aliphatic heterocycles. The number of aromatic nitrogens is 4. The third-order valence-corrected chi connectivity index (χ3v) is 5.42. The van der Waals surface area contributed by atoms with Crippen molar-refractivity contribution >= 4 is 17.8 Å². The highest BCUT2D eigenvalue weighted by Gasteiger charge is 2.23. The second-order valence-electron chi connectivity index (χ2n) is 7.86. The van der Waals surface area contributed by atoms with Gasteiger partial charge in [-0.15, -0.1) is 0 Å². The molecular weight excluding hydrogens is 422 g/mol. The first-order valence-corrected chi connectivity index (χ1v) is 10.8. The maximum atomic E-state index is 12.5. The van der Waals surface area contributed by atoms with E-state index in [4.69, 9.17) is 4.74 Å². The number of alkyl carbamates (subject to hydrolysis) is 1. The lowest BCUT2D eigenvalue weighted by molar-refractivity contribution is -0.130. The summed E-state index contributed by atoms with van der Waals surface area (Å²) in [6, 6.07) is 13.3. The maximum Gasteiger partial charge on any atom is 0.407 e. The fraction of sp³-hybridized carbons (Fsp3) is 0.348. The monoisotopic (exact) mass is 449 g/mol. The SMILES string of the molecule is Cc1cc(C)n(-c2cc(N3CCN(C(=O)CNC(=O)OCc4ccccc4)CC3)ncn2)n1. The molecule has 0 spiro atoms. The van der Waals surface area contributed by atoms with Crippen LogP contribution in [0.2, 0.25) is 0 Å². The number of anilines is 1. The van der Waals surface area contributed by atoms with E-state index >= 15 is 0 Å². The second-order valence-corrected chi connectivity index (χ2v) is 7.86. The first-order valence-electron chi connectivity index (χ1n) is 10.8. The lowest BCUT2D eigenvalue weighted by Crippen LogP contribution is -2.51. The summed E-state index contributed by atoms with van der Waals surface area (Å²) in [5.74, 6) is 1.36. The Kier molecular flexibility index (Phi) is 6.82. The Balaban J connectivity index is 1.25. The predicted octanol–water partition coefficient (Wildman–Crippen LogP) is 1.85. The van der Waals surface area contributed by atoms with Crippen LogP contribution in [-0.2, 0) is 16.1 Å². The molecule has 0 saturated carbocycles. The zero-order valence-corrected chi connectivity index (χ0v) is 18.8. The highest BCUT2D eigenvalue weighted by molar-refractivity contribution is 5.82. The summed E-state index contributed by atoms with van der Waals surface area (Å²) in [7, 11) is 0. The minimum atomic E-state index is -0.608. The van der Waals surface area contributed by atoms with Gasteiger partial charge in [0.05, 0.1) is 5.69 Å². The topological polar surface area (TPSA) is 105 Å². The van der Waals surface area contributed by atoms with E-state index in [9.17, 15) is 9.59 Å². The number of hydrogen-bond donors (Lipinski definition) is 1. The minimum Gasteiger partial charge on any atom is -0.445 e. The number of nitrogens with one attached hydrogen (secondary N) is 1. The van der Waals surface area contributed by atoms with Crippen LogP contribution in [0.3, 0.4) is 0 Å². The Hall–Kier alpha value is -3.95. The molecule has 0 bridgehead atoms. The molecule has 0 atom stereocenters. The summed E-state index contributed by atoms with van der Waals surface area (Å²) in [5, 5.41) is 7.01. The largest absolute Gasteiger partial charge is 0.445 e. The molecular formula is C23H27N7O3. The van der Waals surface area contributed by atoms with Crippen LogP contribution in [-0.4, -0.2) is 69.4 Å². The van der Waals surface area contributed by atoms with E-state index in [0.717, 1.165) is 22.8 Å². The van der Waals surface area contributed by atoms with Crippen LogP contribution in [0.5, 0.6) is 0 Å². The maximum absolute atomic E-state index is 12.5. The molecule has 1 fully saturated rings. The average Bonchev–Trinajstić information content (AvgIpc) is 3.19. The van der Waals surface area contributed by atoms with Crippen LogP contribution in [0.4, 0.5) is 10.6 Å². The van der Waals surface area contributed by atoms with Crippen molar-refractivity contribution in [2.45, 2.75) is 20.5 Å². The molecule has 0 unspecified atom stereocenters. The normalized spacial score (nSPS) is 13.6. The number of rotatable bonds is 6. The molecule has 2 amide bonds. The van der Waals surface area contributed by atoms with Crippen molar-refractivity contribution in [3.05, 3.63) is 65.7 Å². The van der Waals surface area contributed by atoms with Crippen LogP contribution < -0.4 is 10.2 Å². The fourth-order valence-electron chi connectivity index (χ4n) is 3.71. The Morgan fingerprint density at radius 2 is 1.73 bits per heavy atom. The van der Waals surface area contributed by atoms with Crippen molar-refractivity contribution in [1.82, 2.24) is 30.0 Å². The fourth-order valence-corrected chi connectivity index (χ4v) is 3.71. The molecule has 10 heteroatoms. The van der Waals surface area contributed by atoms with Crippen LogP contribution in [0, 0.1) is 13.8 Å². The smallest absolute Gasteiger partial charge is 0.407 e. The Bertz CT molecular complexity index is 1110. The van der Waals surface area contributed by atoms with E-state index in [2.05, 4.69) is 25.3 Å². The van der Waals surface area contributed by atoms with Crippen molar-refractivity contribution < 1.29 is 14.3 Å². The van der Waals surface area contributed by atoms with Gasteiger partial charge in [0.1, 0.15) is 25.3 Å². The van der Waals surface area contributed by atoms with Gasteiger partial charge in [0.25, 0.3) is 0 Å². The number of hydrogen-bond acceptors (Lipinski definition) is 7. The van der Waals surface area contributed by atoms with E-state index in [1.54, 1.807) is 9.58 Å². The van der Waals surface area contributed by atoms with Crippen LogP contribution in [0.1, 0.15) is 17.0 Å². The highest BCUT2D eigenvalue weighted by atomic mass is 16.5. The van der Waals surface area contributed by atoms with Crippen molar-refractivity contribution in [3.8, 4) is 5.82 Å². The molecule has 3 aromatic rings. The van der Waals surface area contributed by atoms with Crippen LogP contribution in [0.15, 0.2) is 48.8 Å². The van der Waals surface area contributed by atoms with Gasteiger partial charge < -0.3 is 19.9 Å². The first-order chi connectivity index (χ1) is 16.0. The third kappa shape index (κ3) is 5.65.